The van der Waals surface area contributed by atoms with Crippen LogP contribution in [0.3, 0.4) is 0 Å². The molecule has 5 atom stereocenters. The molecule has 0 heterocycles. The molecular weight excluding hydrogens is 1320 g/mol. The van der Waals surface area contributed by atoms with Crippen LogP contribution in [0.1, 0.15) is 433 Å². The van der Waals surface area contributed by atoms with Crippen LogP contribution in [0.2, 0.25) is 0 Å². The number of rotatable bonds is 81. The Labute approximate surface area is 619 Å². The van der Waals surface area contributed by atoms with Gasteiger partial charge in [-0.25, -0.2) is 9.13 Å². The Balaban J connectivity index is 5.26. The number of esters is 4. The standard InChI is InChI=1S/C82H160O17P2/c1-7-9-11-13-15-17-19-21-23-24-25-26-32-36-42-49-55-61-67-82(87)98-77(70-92-79(84)64-58-52-46-40-34-31-28-27-29-33-38-44-50-56-62-74(3)4)72-96-100(88,89)94-68-76(83)69-95-101(90,91)97-73-78(71-93-80(85)65-59-53-47-43-37-39-45-51-57-63-75(5)6)99-81(86)66-60-54-48-41-35-30-22-20-18-16-14-12-10-8-2/h74-78,83H,7-73H2,1-6H3,(H,88,89)(H,90,91)/t76-,77-,78-/m1/s1. The largest absolute Gasteiger partial charge is 0.472 e. The quantitative estimate of drug-likeness (QED) is 0.0222. The predicted molar refractivity (Wildman–Crippen MR) is 414 cm³/mol. The van der Waals surface area contributed by atoms with E-state index in [0.717, 1.165) is 102 Å². The second kappa shape index (κ2) is 73.6. The number of ether oxygens (including phenoxy) is 4. The maximum absolute atomic E-state index is 13.1. The van der Waals surface area contributed by atoms with Crippen molar-refractivity contribution in [1.82, 2.24) is 0 Å². The highest BCUT2D eigenvalue weighted by molar-refractivity contribution is 7.47. The number of carbonyl (C=O) groups excluding carboxylic acids is 4. The molecule has 0 aliphatic heterocycles. The zero-order valence-corrected chi connectivity index (χ0v) is 68.0. The molecule has 0 aromatic heterocycles. The van der Waals surface area contributed by atoms with Gasteiger partial charge in [-0.2, -0.15) is 0 Å². The zero-order valence-electron chi connectivity index (χ0n) is 66.2. The van der Waals surface area contributed by atoms with E-state index in [1.807, 2.05) is 0 Å². The molecule has 0 saturated heterocycles. The minimum Gasteiger partial charge on any atom is -0.462 e. The minimum atomic E-state index is -4.96. The summed E-state index contributed by atoms with van der Waals surface area (Å²) in [5, 5.41) is 10.7. The normalized spacial score (nSPS) is 13.9. The van der Waals surface area contributed by atoms with E-state index < -0.39 is 97.5 Å². The average molecular weight is 1480 g/mol. The summed E-state index contributed by atoms with van der Waals surface area (Å²) in [5.74, 6) is -0.562. The summed E-state index contributed by atoms with van der Waals surface area (Å²) in [4.78, 5) is 73.1. The van der Waals surface area contributed by atoms with Gasteiger partial charge in [0.2, 0.25) is 0 Å². The smallest absolute Gasteiger partial charge is 0.462 e. The van der Waals surface area contributed by atoms with Crippen LogP contribution in [0.15, 0.2) is 0 Å². The third-order valence-corrected chi connectivity index (χ3v) is 21.1. The van der Waals surface area contributed by atoms with E-state index in [2.05, 4.69) is 41.5 Å². The van der Waals surface area contributed by atoms with Crippen LogP contribution in [-0.4, -0.2) is 96.7 Å². The Morgan fingerprint density at radius 3 is 0.673 bits per heavy atom. The highest BCUT2D eigenvalue weighted by Crippen LogP contribution is 2.45. The number of phosphoric acid groups is 2. The van der Waals surface area contributed by atoms with E-state index >= 15 is 0 Å². The second-order valence-electron chi connectivity index (χ2n) is 30.5. The lowest BCUT2D eigenvalue weighted by Gasteiger charge is -2.21. The van der Waals surface area contributed by atoms with Gasteiger partial charge >= 0.3 is 39.5 Å². The first-order chi connectivity index (χ1) is 48.9. The predicted octanol–water partition coefficient (Wildman–Crippen LogP) is 24.7. The molecule has 2 unspecified atom stereocenters. The van der Waals surface area contributed by atoms with Crippen molar-refractivity contribution in [2.24, 2.45) is 11.8 Å². The van der Waals surface area contributed by atoms with Crippen LogP contribution in [-0.2, 0) is 65.4 Å². The van der Waals surface area contributed by atoms with Gasteiger partial charge in [-0.05, 0) is 37.5 Å². The van der Waals surface area contributed by atoms with Crippen molar-refractivity contribution >= 4 is 39.5 Å². The number of carbonyl (C=O) groups is 4. The second-order valence-corrected chi connectivity index (χ2v) is 33.4. The first-order valence-electron chi connectivity index (χ1n) is 42.5. The topological polar surface area (TPSA) is 237 Å². The molecule has 0 fully saturated rings. The Hall–Kier alpha value is -1.94. The zero-order chi connectivity index (χ0) is 74.2. The summed E-state index contributed by atoms with van der Waals surface area (Å²) in [6.45, 7) is 9.66. The number of unbranched alkanes of at least 4 members (excludes halogenated alkanes) is 51. The third kappa shape index (κ3) is 76.1. The van der Waals surface area contributed by atoms with E-state index in [0.29, 0.717) is 25.7 Å². The summed E-state index contributed by atoms with van der Waals surface area (Å²) in [7, 11) is -9.92. The summed E-state index contributed by atoms with van der Waals surface area (Å²) in [6, 6.07) is 0. The number of aliphatic hydroxyl groups is 1. The van der Waals surface area contributed by atoms with Crippen LogP contribution < -0.4 is 0 Å². The number of aliphatic hydroxyl groups excluding tert-OH is 1. The molecule has 0 amide bonds. The summed E-state index contributed by atoms with van der Waals surface area (Å²) in [5.41, 5.74) is 0. The van der Waals surface area contributed by atoms with Gasteiger partial charge < -0.3 is 33.8 Å². The highest BCUT2D eigenvalue weighted by Gasteiger charge is 2.30. The Kier molecular flexibility index (Phi) is 72.2. The van der Waals surface area contributed by atoms with Gasteiger partial charge in [0.25, 0.3) is 0 Å². The van der Waals surface area contributed by atoms with Crippen molar-refractivity contribution in [3.05, 3.63) is 0 Å². The molecule has 19 heteroatoms. The van der Waals surface area contributed by atoms with Gasteiger partial charge in [-0.1, -0.05) is 382 Å². The summed E-state index contributed by atoms with van der Waals surface area (Å²) in [6.07, 6.45) is 63.7. The van der Waals surface area contributed by atoms with E-state index in [1.165, 1.54) is 250 Å². The molecule has 0 radical (unpaired) electrons. The molecule has 0 aliphatic rings. The fraction of sp³-hybridized carbons (Fsp3) is 0.951. The average Bonchev–Trinajstić information content (AvgIpc) is 0.939. The molecule has 0 aliphatic carbocycles. The molecule has 3 N–H and O–H groups in total. The fourth-order valence-corrected chi connectivity index (χ4v) is 14.3. The van der Waals surface area contributed by atoms with Crippen molar-refractivity contribution in [2.75, 3.05) is 39.6 Å². The van der Waals surface area contributed by atoms with Crippen molar-refractivity contribution in [2.45, 2.75) is 452 Å². The molecule has 17 nitrogen and oxygen atoms in total. The lowest BCUT2D eigenvalue weighted by Crippen LogP contribution is -2.30. The van der Waals surface area contributed by atoms with Crippen LogP contribution >= 0.6 is 15.6 Å². The molecule has 0 bridgehead atoms. The Morgan fingerprint density at radius 2 is 0.455 bits per heavy atom. The Morgan fingerprint density at radius 1 is 0.267 bits per heavy atom. The van der Waals surface area contributed by atoms with E-state index in [9.17, 15) is 43.2 Å². The summed E-state index contributed by atoms with van der Waals surface area (Å²) >= 11 is 0. The monoisotopic (exact) mass is 1480 g/mol. The van der Waals surface area contributed by atoms with Crippen molar-refractivity contribution in [3.8, 4) is 0 Å². The molecule has 101 heavy (non-hydrogen) atoms. The molecule has 0 saturated carbocycles. The van der Waals surface area contributed by atoms with Gasteiger partial charge in [0.15, 0.2) is 12.2 Å². The molecular formula is C82H160O17P2. The lowest BCUT2D eigenvalue weighted by molar-refractivity contribution is -0.161. The fourth-order valence-electron chi connectivity index (χ4n) is 12.7. The van der Waals surface area contributed by atoms with Gasteiger partial charge in [0.1, 0.15) is 19.3 Å². The molecule has 0 aromatic carbocycles. The number of hydrogen-bond donors (Lipinski definition) is 3. The molecule has 0 spiro atoms. The van der Waals surface area contributed by atoms with Crippen LogP contribution in [0.4, 0.5) is 0 Å². The van der Waals surface area contributed by atoms with Crippen molar-refractivity contribution in [3.63, 3.8) is 0 Å². The van der Waals surface area contributed by atoms with Crippen molar-refractivity contribution in [1.29, 1.82) is 0 Å². The number of hydrogen-bond acceptors (Lipinski definition) is 15. The van der Waals surface area contributed by atoms with Gasteiger partial charge in [0.05, 0.1) is 26.4 Å². The molecule has 0 aromatic rings. The maximum Gasteiger partial charge on any atom is 0.472 e. The first-order valence-corrected chi connectivity index (χ1v) is 45.5. The van der Waals surface area contributed by atoms with Crippen molar-refractivity contribution < 1.29 is 80.2 Å². The first kappa shape index (κ1) is 99.1. The van der Waals surface area contributed by atoms with Crippen LogP contribution in [0.5, 0.6) is 0 Å². The van der Waals surface area contributed by atoms with Crippen LogP contribution in [0.25, 0.3) is 0 Å². The number of phosphoric ester groups is 2. The lowest BCUT2D eigenvalue weighted by atomic mass is 10.0. The van der Waals surface area contributed by atoms with E-state index in [1.54, 1.807) is 0 Å². The van der Waals surface area contributed by atoms with Gasteiger partial charge in [-0.3, -0.25) is 37.3 Å². The van der Waals surface area contributed by atoms with Crippen LogP contribution in [0, 0.1) is 11.8 Å². The summed E-state index contributed by atoms with van der Waals surface area (Å²) < 4.78 is 68.8. The van der Waals surface area contributed by atoms with Gasteiger partial charge in [0, 0.05) is 25.7 Å². The maximum atomic E-state index is 13.1. The van der Waals surface area contributed by atoms with Gasteiger partial charge in [-0.15, -0.1) is 0 Å². The SMILES string of the molecule is CCCCCCCCCCCCCCCCCCCCC(=O)O[C@H](COC(=O)CCCCCCCCCCCCCCCCC(C)C)COP(=O)(O)OC[C@@H](O)COP(=O)(O)OC[C@@H](COC(=O)CCCCCCCCCCCC(C)C)OC(=O)CCCCCCCCCCCCCCCC. The third-order valence-electron chi connectivity index (χ3n) is 19.2. The van der Waals surface area contributed by atoms with E-state index in [-0.39, 0.29) is 25.7 Å². The Bertz CT molecular complexity index is 1940. The molecule has 0 rings (SSSR count). The highest BCUT2D eigenvalue weighted by atomic mass is 31.2. The minimum absolute atomic E-state index is 0.108. The van der Waals surface area contributed by atoms with E-state index in [4.69, 9.17) is 37.0 Å². The molecule has 600 valence electrons.